The fraction of sp³-hybridized carbons (Fsp3) is 0.357. The van der Waals surface area contributed by atoms with Crippen molar-refractivity contribution in [2.75, 3.05) is 26.6 Å². The van der Waals surface area contributed by atoms with E-state index in [2.05, 4.69) is 5.92 Å². The van der Waals surface area contributed by atoms with Gasteiger partial charge in [-0.1, -0.05) is 5.92 Å². The molecule has 5 nitrogen and oxygen atoms in total. The largest absolute Gasteiger partial charge is 0.454 e. The normalized spacial score (nSPS) is 21.0. The molecule has 1 aromatic rings. The van der Waals surface area contributed by atoms with Gasteiger partial charge in [0.2, 0.25) is 6.79 Å². The number of fused-ring (bicyclic) bond motifs is 1. The number of rotatable bonds is 1. The summed E-state index contributed by atoms with van der Waals surface area (Å²) in [5.41, 5.74) is 0.548. The number of amides is 1. The number of morpholine rings is 1. The van der Waals surface area contributed by atoms with Crippen LogP contribution in [0, 0.1) is 12.3 Å². The van der Waals surface area contributed by atoms with Gasteiger partial charge >= 0.3 is 0 Å². The van der Waals surface area contributed by atoms with E-state index in [1.807, 2.05) is 0 Å². The average Bonchev–Trinajstić information content (AvgIpc) is 2.93. The third-order valence-corrected chi connectivity index (χ3v) is 3.20. The zero-order valence-electron chi connectivity index (χ0n) is 10.3. The molecule has 2 heterocycles. The van der Waals surface area contributed by atoms with Gasteiger partial charge in [0, 0.05) is 12.1 Å². The molecule has 0 N–H and O–H groups in total. The smallest absolute Gasteiger partial charge is 0.255 e. The molecule has 0 radical (unpaired) electrons. The van der Waals surface area contributed by atoms with Crippen molar-refractivity contribution in [1.82, 2.24) is 4.90 Å². The topological polar surface area (TPSA) is 48.0 Å². The van der Waals surface area contributed by atoms with Gasteiger partial charge in [0.25, 0.3) is 5.91 Å². The van der Waals surface area contributed by atoms with E-state index < -0.39 is 0 Å². The van der Waals surface area contributed by atoms with Crippen LogP contribution in [0.25, 0.3) is 0 Å². The lowest BCUT2D eigenvalue weighted by Crippen LogP contribution is -2.47. The third-order valence-electron chi connectivity index (χ3n) is 3.20. The van der Waals surface area contributed by atoms with Gasteiger partial charge in [0.1, 0.15) is 6.04 Å². The lowest BCUT2D eigenvalue weighted by atomic mass is 10.1. The van der Waals surface area contributed by atoms with Crippen LogP contribution < -0.4 is 9.47 Å². The second kappa shape index (κ2) is 4.82. The summed E-state index contributed by atoms with van der Waals surface area (Å²) in [4.78, 5) is 14.1. The van der Waals surface area contributed by atoms with E-state index in [4.69, 9.17) is 20.6 Å². The Bertz CT molecular complexity index is 549. The minimum absolute atomic E-state index is 0.107. The van der Waals surface area contributed by atoms with Crippen LogP contribution >= 0.6 is 0 Å². The molecule has 98 valence electrons. The van der Waals surface area contributed by atoms with Gasteiger partial charge < -0.3 is 19.1 Å². The van der Waals surface area contributed by atoms with Crippen molar-refractivity contribution >= 4 is 5.91 Å². The minimum Gasteiger partial charge on any atom is -0.454 e. The van der Waals surface area contributed by atoms with Gasteiger partial charge in [0.05, 0.1) is 13.2 Å². The molecule has 0 bridgehead atoms. The Morgan fingerprint density at radius 3 is 3.05 bits per heavy atom. The number of terminal acetylenes is 1. The maximum Gasteiger partial charge on any atom is 0.255 e. The molecule has 0 spiro atoms. The van der Waals surface area contributed by atoms with Gasteiger partial charge in [-0.15, -0.1) is 6.42 Å². The maximum absolute atomic E-state index is 12.4. The molecule has 2 aliphatic rings. The Morgan fingerprint density at radius 2 is 2.21 bits per heavy atom. The summed E-state index contributed by atoms with van der Waals surface area (Å²) in [5, 5.41) is 0. The quantitative estimate of drug-likeness (QED) is 0.703. The Labute approximate surface area is 111 Å². The van der Waals surface area contributed by atoms with Crippen molar-refractivity contribution in [3.63, 3.8) is 0 Å². The zero-order chi connectivity index (χ0) is 13.2. The predicted molar refractivity (Wildman–Crippen MR) is 67.0 cm³/mol. The molecule has 1 atom stereocenters. The first-order chi connectivity index (χ1) is 9.29. The first kappa shape index (κ1) is 11.9. The van der Waals surface area contributed by atoms with E-state index in [9.17, 15) is 4.79 Å². The summed E-state index contributed by atoms with van der Waals surface area (Å²) in [7, 11) is 0. The summed E-state index contributed by atoms with van der Waals surface area (Å²) >= 11 is 0. The SMILES string of the molecule is C#CC1COCCN1C(=O)c1ccc2c(c1)OCO2. The molecule has 1 aromatic carbocycles. The highest BCUT2D eigenvalue weighted by molar-refractivity contribution is 5.95. The van der Waals surface area contributed by atoms with Crippen molar-refractivity contribution in [3.8, 4) is 23.8 Å². The molecule has 3 rings (SSSR count). The first-order valence-electron chi connectivity index (χ1n) is 6.04. The summed E-state index contributed by atoms with van der Waals surface area (Å²) in [5.74, 6) is 3.73. The number of nitrogens with zero attached hydrogens (tertiary/aromatic N) is 1. The fourth-order valence-electron chi connectivity index (χ4n) is 2.18. The monoisotopic (exact) mass is 259 g/mol. The van der Waals surface area contributed by atoms with Crippen molar-refractivity contribution in [1.29, 1.82) is 0 Å². The summed E-state index contributed by atoms with van der Waals surface area (Å²) in [6, 6.07) is 4.83. The summed E-state index contributed by atoms with van der Waals surface area (Å²) in [6.07, 6.45) is 5.43. The molecule has 1 fully saturated rings. The molecule has 1 amide bonds. The van der Waals surface area contributed by atoms with Gasteiger partial charge in [-0.2, -0.15) is 0 Å². The molecule has 2 aliphatic heterocycles. The molecular formula is C14H13NO4. The molecular weight excluding hydrogens is 246 g/mol. The molecule has 0 saturated carbocycles. The van der Waals surface area contributed by atoms with Crippen LogP contribution in [-0.2, 0) is 4.74 Å². The van der Waals surface area contributed by atoms with E-state index in [-0.39, 0.29) is 18.7 Å². The van der Waals surface area contributed by atoms with E-state index in [0.717, 1.165) is 0 Å². The fourth-order valence-corrected chi connectivity index (χ4v) is 2.18. The van der Waals surface area contributed by atoms with Crippen LogP contribution in [0.4, 0.5) is 0 Å². The van der Waals surface area contributed by atoms with Gasteiger partial charge in [-0.05, 0) is 18.2 Å². The van der Waals surface area contributed by atoms with Crippen LogP contribution in [-0.4, -0.2) is 43.4 Å². The van der Waals surface area contributed by atoms with E-state index in [1.165, 1.54) is 0 Å². The molecule has 5 heteroatoms. The number of hydrogen-bond donors (Lipinski definition) is 0. The average molecular weight is 259 g/mol. The number of carbonyl (C=O) groups is 1. The standard InChI is InChI=1S/C14H13NO4/c1-2-11-8-17-6-5-15(11)14(16)10-3-4-12-13(7-10)19-9-18-12/h1,3-4,7,11H,5-6,8-9H2. The number of benzene rings is 1. The number of ether oxygens (including phenoxy) is 3. The van der Waals surface area contributed by atoms with Crippen LogP contribution in [0.3, 0.4) is 0 Å². The molecule has 1 unspecified atom stereocenters. The van der Waals surface area contributed by atoms with Gasteiger partial charge in [-0.25, -0.2) is 0 Å². The zero-order valence-corrected chi connectivity index (χ0v) is 10.3. The minimum atomic E-state index is -0.313. The highest BCUT2D eigenvalue weighted by atomic mass is 16.7. The van der Waals surface area contributed by atoms with Crippen LogP contribution in [0.5, 0.6) is 11.5 Å². The van der Waals surface area contributed by atoms with Crippen LogP contribution in [0.2, 0.25) is 0 Å². The third kappa shape index (κ3) is 2.11. The summed E-state index contributed by atoms with van der Waals surface area (Å²) in [6.45, 7) is 1.58. The maximum atomic E-state index is 12.4. The van der Waals surface area contributed by atoms with Crippen molar-refractivity contribution in [3.05, 3.63) is 23.8 Å². The molecule has 0 aromatic heterocycles. The molecule has 19 heavy (non-hydrogen) atoms. The van der Waals surface area contributed by atoms with Gasteiger partial charge in [0.15, 0.2) is 11.5 Å². The van der Waals surface area contributed by atoms with Crippen molar-refractivity contribution in [2.24, 2.45) is 0 Å². The van der Waals surface area contributed by atoms with E-state index >= 15 is 0 Å². The molecule has 0 aliphatic carbocycles. The number of hydrogen-bond acceptors (Lipinski definition) is 4. The highest BCUT2D eigenvalue weighted by Crippen LogP contribution is 2.33. The van der Waals surface area contributed by atoms with Gasteiger partial charge in [-0.3, -0.25) is 4.79 Å². The summed E-state index contributed by atoms with van der Waals surface area (Å²) < 4.78 is 15.8. The second-order valence-electron chi connectivity index (χ2n) is 4.32. The second-order valence-corrected chi connectivity index (χ2v) is 4.32. The Hall–Kier alpha value is -2.19. The lowest BCUT2D eigenvalue weighted by molar-refractivity contribution is 0.0137. The lowest BCUT2D eigenvalue weighted by Gasteiger charge is -2.32. The Morgan fingerprint density at radius 1 is 1.37 bits per heavy atom. The van der Waals surface area contributed by atoms with Crippen molar-refractivity contribution < 1.29 is 19.0 Å². The van der Waals surface area contributed by atoms with Crippen LogP contribution in [0.1, 0.15) is 10.4 Å². The number of carbonyl (C=O) groups excluding carboxylic acids is 1. The Balaban J connectivity index is 1.85. The first-order valence-corrected chi connectivity index (χ1v) is 6.04. The van der Waals surface area contributed by atoms with Crippen LogP contribution in [0.15, 0.2) is 18.2 Å². The highest BCUT2D eigenvalue weighted by Gasteiger charge is 2.27. The predicted octanol–water partition coefficient (Wildman–Crippen LogP) is 0.889. The van der Waals surface area contributed by atoms with Crippen molar-refractivity contribution in [2.45, 2.75) is 6.04 Å². The van der Waals surface area contributed by atoms with E-state index in [1.54, 1.807) is 23.1 Å². The van der Waals surface area contributed by atoms with E-state index in [0.29, 0.717) is 36.8 Å². The molecule has 1 saturated heterocycles. The Kier molecular flexibility index (Phi) is 3.02.